The van der Waals surface area contributed by atoms with Crippen molar-refractivity contribution in [2.24, 2.45) is 0 Å². The summed E-state index contributed by atoms with van der Waals surface area (Å²) in [6.07, 6.45) is 1.78. The number of oxazole rings is 1. The first-order valence-electron chi connectivity index (χ1n) is 10.1. The van der Waals surface area contributed by atoms with E-state index in [9.17, 15) is 4.79 Å². The van der Waals surface area contributed by atoms with Crippen molar-refractivity contribution in [2.45, 2.75) is 6.42 Å². The number of hydrogen-bond donors (Lipinski definition) is 0. The molecule has 9 heteroatoms. The van der Waals surface area contributed by atoms with Crippen LogP contribution in [0.25, 0.3) is 17.1 Å². The summed E-state index contributed by atoms with van der Waals surface area (Å²) in [5, 5.41) is 12.1. The maximum Gasteiger partial charge on any atom is 0.250 e. The second kappa shape index (κ2) is 8.39. The van der Waals surface area contributed by atoms with Gasteiger partial charge in [-0.25, -0.2) is 4.98 Å². The van der Waals surface area contributed by atoms with E-state index >= 15 is 0 Å². The molecule has 0 radical (unpaired) electrons. The van der Waals surface area contributed by atoms with Gasteiger partial charge < -0.3 is 14.2 Å². The Hall–Kier alpha value is -4.01. The largest absolute Gasteiger partial charge is 0.444 e. The summed E-state index contributed by atoms with van der Waals surface area (Å²) in [6, 6.07) is 19.4. The number of carbonyl (C=O) groups excluding carboxylic acids is 1. The lowest BCUT2D eigenvalue weighted by molar-refractivity contribution is -0.130. The summed E-state index contributed by atoms with van der Waals surface area (Å²) in [5.41, 5.74) is 2.44. The van der Waals surface area contributed by atoms with Gasteiger partial charge in [0, 0.05) is 31.7 Å². The number of aromatic nitrogens is 5. The molecule has 1 aliphatic heterocycles. The zero-order valence-corrected chi connectivity index (χ0v) is 16.8. The molecule has 0 bridgehead atoms. The molecule has 0 unspecified atom stereocenters. The van der Waals surface area contributed by atoms with Crippen molar-refractivity contribution in [2.75, 3.05) is 31.1 Å². The molecule has 4 aromatic rings. The summed E-state index contributed by atoms with van der Waals surface area (Å²) < 4.78 is 7.27. The zero-order chi connectivity index (χ0) is 21.0. The van der Waals surface area contributed by atoms with Crippen molar-refractivity contribution in [3.05, 3.63) is 72.6 Å². The first kappa shape index (κ1) is 19.0. The Morgan fingerprint density at radius 1 is 0.935 bits per heavy atom. The van der Waals surface area contributed by atoms with E-state index in [4.69, 9.17) is 4.42 Å². The van der Waals surface area contributed by atoms with Gasteiger partial charge in [0.05, 0.1) is 17.8 Å². The number of para-hydroxylation sites is 1. The highest BCUT2D eigenvalue weighted by Crippen LogP contribution is 2.20. The summed E-state index contributed by atoms with van der Waals surface area (Å²) in [7, 11) is 0. The van der Waals surface area contributed by atoms with E-state index < -0.39 is 0 Å². The number of anilines is 1. The maximum absolute atomic E-state index is 12.8. The van der Waals surface area contributed by atoms with Crippen molar-refractivity contribution in [3.63, 3.8) is 0 Å². The Balaban J connectivity index is 1.20. The molecular weight excluding hydrogens is 394 g/mol. The SMILES string of the molecule is O=C(Cc1coc(-c2ccccc2)n1)N1CCN(c2nnnn2-c2ccccc2)CC1. The lowest BCUT2D eigenvalue weighted by atomic mass is 10.2. The van der Waals surface area contributed by atoms with E-state index in [-0.39, 0.29) is 12.3 Å². The van der Waals surface area contributed by atoms with Crippen LogP contribution in [0.5, 0.6) is 0 Å². The molecule has 0 spiro atoms. The Kier molecular flexibility index (Phi) is 5.14. The van der Waals surface area contributed by atoms with Gasteiger partial charge in [0.1, 0.15) is 6.26 Å². The molecule has 0 atom stereocenters. The number of piperazine rings is 1. The molecule has 1 aliphatic rings. The third-order valence-electron chi connectivity index (χ3n) is 5.27. The standard InChI is InChI=1S/C22H21N7O2/c30-20(15-18-16-31-21(23-18)17-7-3-1-4-8-17)27-11-13-28(14-12-27)22-24-25-26-29(22)19-9-5-2-6-10-19/h1-10,16H,11-15H2. The highest BCUT2D eigenvalue weighted by Gasteiger charge is 2.25. The molecule has 1 amide bonds. The van der Waals surface area contributed by atoms with Crippen LogP contribution in [-0.4, -0.2) is 62.2 Å². The lowest BCUT2D eigenvalue weighted by Crippen LogP contribution is -2.50. The van der Waals surface area contributed by atoms with Gasteiger partial charge in [0.15, 0.2) is 0 Å². The molecule has 156 valence electrons. The second-order valence-corrected chi connectivity index (χ2v) is 7.28. The van der Waals surface area contributed by atoms with E-state index in [1.807, 2.05) is 65.6 Å². The van der Waals surface area contributed by atoms with E-state index in [1.165, 1.54) is 0 Å². The van der Waals surface area contributed by atoms with Gasteiger partial charge in [0.25, 0.3) is 0 Å². The summed E-state index contributed by atoms with van der Waals surface area (Å²) in [6.45, 7) is 2.52. The summed E-state index contributed by atoms with van der Waals surface area (Å²) >= 11 is 0. The predicted molar refractivity (Wildman–Crippen MR) is 114 cm³/mol. The first-order chi connectivity index (χ1) is 15.3. The van der Waals surface area contributed by atoms with Crippen LogP contribution in [-0.2, 0) is 11.2 Å². The van der Waals surface area contributed by atoms with Crippen molar-refractivity contribution >= 4 is 11.9 Å². The average Bonchev–Trinajstić information content (AvgIpc) is 3.50. The van der Waals surface area contributed by atoms with E-state index in [1.54, 1.807) is 10.9 Å². The van der Waals surface area contributed by atoms with Crippen molar-refractivity contribution in [1.82, 2.24) is 30.1 Å². The number of rotatable bonds is 5. The minimum Gasteiger partial charge on any atom is -0.444 e. The maximum atomic E-state index is 12.8. The molecule has 1 fully saturated rings. The molecule has 0 saturated carbocycles. The molecule has 9 nitrogen and oxygen atoms in total. The Morgan fingerprint density at radius 3 is 2.39 bits per heavy atom. The molecular formula is C22H21N7O2. The van der Waals surface area contributed by atoms with E-state index in [2.05, 4.69) is 25.4 Å². The molecule has 3 heterocycles. The van der Waals surface area contributed by atoms with Crippen LogP contribution in [0.4, 0.5) is 5.95 Å². The fraction of sp³-hybridized carbons (Fsp3) is 0.227. The highest BCUT2D eigenvalue weighted by atomic mass is 16.3. The van der Waals surface area contributed by atoms with Gasteiger partial charge in [-0.1, -0.05) is 41.5 Å². The predicted octanol–water partition coefficient (Wildman–Crippen LogP) is 2.21. The van der Waals surface area contributed by atoms with Crippen LogP contribution in [0.2, 0.25) is 0 Å². The fourth-order valence-corrected chi connectivity index (χ4v) is 3.64. The Bertz CT molecular complexity index is 1150. The normalized spacial score (nSPS) is 14.1. The molecule has 5 rings (SSSR count). The minimum atomic E-state index is 0.0372. The van der Waals surface area contributed by atoms with Gasteiger partial charge in [-0.2, -0.15) is 4.68 Å². The van der Waals surface area contributed by atoms with Crippen LogP contribution in [0.15, 0.2) is 71.3 Å². The van der Waals surface area contributed by atoms with Gasteiger partial charge >= 0.3 is 0 Å². The number of amides is 1. The van der Waals surface area contributed by atoms with Gasteiger partial charge in [-0.3, -0.25) is 4.79 Å². The smallest absolute Gasteiger partial charge is 0.250 e. The van der Waals surface area contributed by atoms with Gasteiger partial charge in [0.2, 0.25) is 17.7 Å². The number of benzene rings is 2. The molecule has 0 aliphatic carbocycles. The summed E-state index contributed by atoms with van der Waals surface area (Å²) in [4.78, 5) is 21.2. The molecule has 2 aromatic heterocycles. The van der Waals surface area contributed by atoms with Crippen LogP contribution >= 0.6 is 0 Å². The Morgan fingerprint density at radius 2 is 1.65 bits per heavy atom. The topological polar surface area (TPSA) is 93.2 Å². The average molecular weight is 415 g/mol. The van der Waals surface area contributed by atoms with Crippen molar-refractivity contribution in [1.29, 1.82) is 0 Å². The summed E-state index contributed by atoms with van der Waals surface area (Å²) in [5.74, 6) is 1.25. The number of hydrogen-bond acceptors (Lipinski definition) is 7. The number of nitrogens with zero attached hydrogens (tertiary/aromatic N) is 7. The van der Waals surface area contributed by atoms with Crippen LogP contribution < -0.4 is 4.90 Å². The van der Waals surface area contributed by atoms with Crippen LogP contribution in [0, 0.1) is 0 Å². The zero-order valence-electron chi connectivity index (χ0n) is 16.8. The quantitative estimate of drug-likeness (QED) is 0.493. The van der Waals surface area contributed by atoms with Gasteiger partial charge in [-0.05, 0) is 34.7 Å². The highest BCUT2D eigenvalue weighted by molar-refractivity contribution is 5.78. The monoisotopic (exact) mass is 415 g/mol. The first-order valence-corrected chi connectivity index (χ1v) is 10.1. The van der Waals surface area contributed by atoms with Crippen molar-refractivity contribution in [3.8, 4) is 17.1 Å². The van der Waals surface area contributed by atoms with Crippen LogP contribution in [0.3, 0.4) is 0 Å². The number of carbonyl (C=O) groups is 1. The number of tetrazole rings is 1. The fourth-order valence-electron chi connectivity index (χ4n) is 3.64. The minimum absolute atomic E-state index is 0.0372. The molecule has 1 saturated heterocycles. The third kappa shape index (κ3) is 4.02. The van der Waals surface area contributed by atoms with E-state index in [0.717, 1.165) is 11.3 Å². The third-order valence-corrected chi connectivity index (χ3v) is 5.27. The molecule has 2 aromatic carbocycles. The van der Waals surface area contributed by atoms with Gasteiger partial charge in [-0.15, -0.1) is 0 Å². The molecule has 0 N–H and O–H groups in total. The van der Waals surface area contributed by atoms with E-state index in [0.29, 0.717) is 43.7 Å². The molecule has 31 heavy (non-hydrogen) atoms. The van der Waals surface area contributed by atoms with Crippen molar-refractivity contribution < 1.29 is 9.21 Å². The lowest BCUT2D eigenvalue weighted by Gasteiger charge is -2.34. The Labute approximate surface area is 178 Å². The second-order valence-electron chi connectivity index (χ2n) is 7.28. The van der Waals surface area contributed by atoms with Crippen LogP contribution in [0.1, 0.15) is 5.69 Å².